The van der Waals surface area contributed by atoms with Gasteiger partial charge in [-0.25, -0.2) is 0 Å². The molecule has 92 valence electrons. The highest BCUT2D eigenvalue weighted by atomic mass is 16.2. The zero-order valence-electron chi connectivity index (χ0n) is 10.1. The highest BCUT2D eigenvalue weighted by Crippen LogP contribution is 2.31. The molecule has 18 heavy (non-hydrogen) atoms. The molecule has 1 aliphatic rings. The molecule has 0 unspecified atom stereocenters. The fraction of sp³-hybridized carbons (Fsp3) is 0.231. The van der Waals surface area contributed by atoms with E-state index in [1.807, 2.05) is 24.3 Å². The van der Waals surface area contributed by atoms with E-state index in [4.69, 9.17) is 5.73 Å². The van der Waals surface area contributed by atoms with Crippen LogP contribution in [0.15, 0.2) is 24.3 Å². The fourth-order valence-corrected chi connectivity index (χ4v) is 2.24. The van der Waals surface area contributed by atoms with Gasteiger partial charge in [0.25, 0.3) is 0 Å². The van der Waals surface area contributed by atoms with E-state index in [2.05, 4.69) is 10.2 Å². The number of amides is 1. The molecule has 0 bridgehead atoms. The molecule has 5 heteroatoms. The topological polar surface area (TPSA) is 75.0 Å². The molecule has 0 saturated heterocycles. The lowest BCUT2D eigenvalue weighted by Gasteiger charge is -2.09. The van der Waals surface area contributed by atoms with E-state index in [1.165, 1.54) is 0 Å². The number of aromatic nitrogens is 2. The first-order valence-corrected chi connectivity index (χ1v) is 5.83. The Morgan fingerprint density at radius 2 is 2.28 bits per heavy atom. The van der Waals surface area contributed by atoms with Crippen molar-refractivity contribution in [1.82, 2.24) is 10.2 Å². The summed E-state index contributed by atoms with van der Waals surface area (Å²) in [4.78, 5) is 13.3. The Labute approximate surface area is 105 Å². The van der Waals surface area contributed by atoms with Crippen LogP contribution in [0.2, 0.25) is 0 Å². The van der Waals surface area contributed by atoms with E-state index in [0.29, 0.717) is 13.0 Å². The summed E-state index contributed by atoms with van der Waals surface area (Å²) in [5.41, 5.74) is 10.4. The Bertz CT molecular complexity index is 617. The van der Waals surface area contributed by atoms with Gasteiger partial charge in [0, 0.05) is 30.5 Å². The predicted molar refractivity (Wildman–Crippen MR) is 69.0 cm³/mol. The number of hydrogen-bond acceptors (Lipinski definition) is 3. The molecule has 1 aliphatic heterocycles. The van der Waals surface area contributed by atoms with Gasteiger partial charge in [0.2, 0.25) is 5.91 Å². The second kappa shape index (κ2) is 3.96. The van der Waals surface area contributed by atoms with Crippen molar-refractivity contribution in [3.63, 3.8) is 0 Å². The number of likely N-dealkylation sites (N-methyl/N-ethyl adjacent to an activating group) is 1. The number of aromatic amines is 1. The molecule has 0 radical (unpaired) electrons. The van der Waals surface area contributed by atoms with E-state index >= 15 is 0 Å². The molecular weight excluding hydrogens is 228 g/mol. The van der Waals surface area contributed by atoms with E-state index < -0.39 is 0 Å². The van der Waals surface area contributed by atoms with Gasteiger partial charge in [0.1, 0.15) is 0 Å². The number of carbonyl (C=O) groups is 1. The number of hydrogen-bond donors (Lipinski definition) is 2. The third kappa shape index (κ3) is 1.60. The highest BCUT2D eigenvalue weighted by molar-refractivity contribution is 6.01. The molecule has 0 fully saturated rings. The number of H-pyrrole nitrogens is 1. The van der Waals surface area contributed by atoms with Crippen LogP contribution in [0.5, 0.6) is 0 Å². The van der Waals surface area contributed by atoms with Crippen LogP contribution in [0.3, 0.4) is 0 Å². The minimum absolute atomic E-state index is 0.131. The van der Waals surface area contributed by atoms with Crippen molar-refractivity contribution >= 4 is 11.6 Å². The molecule has 0 atom stereocenters. The molecule has 3 rings (SSSR count). The zero-order valence-corrected chi connectivity index (χ0v) is 10.1. The van der Waals surface area contributed by atoms with Gasteiger partial charge in [-0.15, -0.1) is 0 Å². The Kier molecular flexibility index (Phi) is 2.41. The van der Waals surface area contributed by atoms with Crippen LogP contribution in [0.25, 0.3) is 11.3 Å². The molecule has 3 N–H and O–H groups in total. The van der Waals surface area contributed by atoms with Gasteiger partial charge < -0.3 is 10.6 Å². The summed E-state index contributed by atoms with van der Waals surface area (Å²) in [6, 6.07) is 7.90. The lowest BCUT2D eigenvalue weighted by molar-refractivity contribution is -0.117. The van der Waals surface area contributed by atoms with Crippen LogP contribution in [0.1, 0.15) is 11.3 Å². The smallest absolute Gasteiger partial charge is 0.231 e. The van der Waals surface area contributed by atoms with Crippen molar-refractivity contribution in [2.45, 2.75) is 13.0 Å². The summed E-state index contributed by atoms with van der Waals surface area (Å²) in [6.07, 6.45) is 0.466. The normalized spacial score (nSPS) is 14.1. The van der Waals surface area contributed by atoms with Gasteiger partial charge in [-0.3, -0.25) is 9.89 Å². The molecule has 1 aromatic carbocycles. The SMILES string of the molecule is CN1C(=O)Cc2cc(-c3cc(CN)[nH]n3)ccc21. The van der Waals surface area contributed by atoms with Crippen molar-refractivity contribution in [1.29, 1.82) is 0 Å². The quantitative estimate of drug-likeness (QED) is 0.826. The van der Waals surface area contributed by atoms with Gasteiger partial charge in [0.15, 0.2) is 0 Å². The summed E-state index contributed by atoms with van der Waals surface area (Å²) in [7, 11) is 1.80. The summed E-state index contributed by atoms with van der Waals surface area (Å²) in [5.74, 6) is 0.131. The molecule has 1 aromatic heterocycles. The summed E-state index contributed by atoms with van der Waals surface area (Å²) in [5, 5.41) is 7.10. The van der Waals surface area contributed by atoms with E-state index in [0.717, 1.165) is 28.2 Å². The summed E-state index contributed by atoms with van der Waals surface area (Å²) < 4.78 is 0. The second-order valence-electron chi connectivity index (χ2n) is 4.46. The molecule has 0 spiro atoms. The molecule has 2 aromatic rings. The van der Waals surface area contributed by atoms with Gasteiger partial charge in [-0.2, -0.15) is 5.10 Å². The average molecular weight is 242 g/mol. The van der Waals surface area contributed by atoms with Crippen molar-refractivity contribution < 1.29 is 4.79 Å². The lowest BCUT2D eigenvalue weighted by Crippen LogP contribution is -2.20. The Hall–Kier alpha value is -2.14. The summed E-state index contributed by atoms with van der Waals surface area (Å²) in [6.45, 7) is 0.444. The highest BCUT2D eigenvalue weighted by Gasteiger charge is 2.24. The maximum atomic E-state index is 11.6. The number of nitrogens with two attached hydrogens (primary N) is 1. The van der Waals surface area contributed by atoms with Crippen LogP contribution in [0.4, 0.5) is 5.69 Å². The number of rotatable bonds is 2. The Morgan fingerprint density at radius 1 is 1.44 bits per heavy atom. The Balaban J connectivity index is 2.01. The first kappa shape index (κ1) is 11.0. The largest absolute Gasteiger partial charge is 0.325 e. The predicted octanol–water partition coefficient (Wildman–Crippen LogP) is 1.05. The number of fused-ring (bicyclic) bond motifs is 1. The third-order valence-corrected chi connectivity index (χ3v) is 3.30. The van der Waals surface area contributed by atoms with Gasteiger partial charge in [-0.05, 0) is 23.8 Å². The third-order valence-electron chi connectivity index (χ3n) is 3.30. The number of nitrogens with zero attached hydrogens (tertiary/aromatic N) is 2. The van der Waals surface area contributed by atoms with Crippen LogP contribution in [-0.4, -0.2) is 23.2 Å². The first-order valence-electron chi connectivity index (χ1n) is 5.83. The lowest BCUT2D eigenvalue weighted by atomic mass is 10.1. The molecule has 0 aliphatic carbocycles. The number of benzene rings is 1. The van der Waals surface area contributed by atoms with Gasteiger partial charge in [0.05, 0.1) is 12.1 Å². The zero-order chi connectivity index (χ0) is 12.7. The fourth-order valence-electron chi connectivity index (χ4n) is 2.24. The van der Waals surface area contributed by atoms with Crippen LogP contribution in [0, 0.1) is 0 Å². The maximum absolute atomic E-state index is 11.6. The molecular formula is C13H14N4O. The van der Waals surface area contributed by atoms with Crippen LogP contribution < -0.4 is 10.6 Å². The van der Waals surface area contributed by atoms with Crippen LogP contribution >= 0.6 is 0 Å². The average Bonchev–Trinajstić information content (AvgIpc) is 2.95. The number of carbonyl (C=O) groups excluding carboxylic acids is 1. The molecule has 2 heterocycles. The summed E-state index contributed by atoms with van der Waals surface area (Å²) >= 11 is 0. The molecule has 0 saturated carbocycles. The van der Waals surface area contributed by atoms with Crippen LogP contribution in [-0.2, 0) is 17.8 Å². The number of anilines is 1. The van der Waals surface area contributed by atoms with Crippen molar-refractivity contribution in [2.24, 2.45) is 5.73 Å². The molecule has 5 nitrogen and oxygen atoms in total. The first-order chi connectivity index (χ1) is 8.69. The van der Waals surface area contributed by atoms with Gasteiger partial charge >= 0.3 is 0 Å². The number of nitrogens with one attached hydrogen (secondary N) is 1. The van der Waals surface area contributed by atoms with Crippen molar-refractivity contribution in [2.75, 3.05) is 11.9 Å². The van der Waals surface area contributed by atoms with E-state index in [9.17, 15) is 4.79 Å². The minimum Gasteiger partial charge on any atom is -0.325 e. The maximum Gasteiger partial charge on any atom is 0.231 e. The van der Waals surface area contributed by atoms with E-state index in [-0.39, 0.29) is 5.91 Å². The second-order valence-corrected chi connectivity index (χ2v) is 4.46. The monoisotopic (exact) mass is 242 g/mol. The van der Waals surface area contributed by atoms with Crippen molar-refractivity contribution in [3.8, 4) is 11.3 Å². The van der Waals surface area contributed by atoms with E-state index in [1.54, 1.807) is 11.9 Å². The molecule has 1 amide bonds. The standard InChI is InChI=1S/C13H14N4O/c1-17-12-3-2-8(4-9(12)5-13(17)18)11-6-10(7-14)15-16-11/h2-4,6H,5,7,14H2,1H3,(H,15,16). The van der Waals surface area contributed by atoms with Crippen molar-refractivity contribution in [3.05, 3.63) is 35.5 Å². The minimum atomic E-state index is 0.131. The Morgan fingerprint density at radius 3 is 3.00 bits per heavy atom. The van der Waals surface area contributed by atoms with Gasteiger partial charge in [-0.1, -0.05) is 6.07 Å².